The molecule has 0 saturated carbocycles. The molecule has 2 aliphatic heterocycles. The Kier molecular flexibility index (Phi) is 6.59. The van der Waals surface area contributed by atoms with Crippen LogP contribution in [-0.4, -0.2) is 47.1 Å². The lowest BCUT2D eigenvalue weighted by molar-refractivity contribution is -0.121. The first kappa shape index (κ1) is 18.4. The second-order valence-electron chi connectivity index (χ2n) is 6.71. The topological polar surface area (TPSA) is 96.2 Å². The second-order valence-corrected chi connectivity index (χ2v) is 7.99. The number of rotatable bonds is 9. The van der Waals surface area contributed by atoms with Gasteiger partial charge in [0.25, 0.3) is 0 Å². The van der Waals surface area contributed by atoms with Crippen molar-refractivity contribution in [3.8, 4) is 0 Å². The van der Waals surface area contributed by atoms with Crippen LogP contribution in [0.5, 0.6) is 0 Å². The van der Waals surface area contributed by atoms with Crippen molar-refractivity contribution >= 4 is 23.7 Å². The number of urea groups is 1. The number of nitrogens with two attached hydrogens (primary N) is 1. The molecular formula is C16H30N4O2S. The third kappa shape index (κ3) is 5.01. The summed E-state index contributed by atoms with van der Waals surface area (Å²) in [5.74, 6) is 1.08. The number of thioether (sulfide) groups is 1. The summed E-state index contributed by atoms with van der Waals surface area (Å²) in [4.78, 5) is 23.2. The van der Waals surface area contributed by atoms with E-state index in [1.54, 1.807) is 0 Å². The van der Waals surface area contributed by atoms with Crippen LogP contribution in [0.25, 0.3) is 0 Å². The lowest BCUT2D eigenvalue weighted by Crippen LogP contribution is -2.49. The van der Waals surface area contributed by atoms with Gasteiger partial charge in [-0.15, -0.1) is 0 Å². The van der Waals surface area contributed by atoms with Crippen LogP contribution in [0.4, 0.5) is 4.79 Å². The number of hydrogen-bond acceptors (Lipinski definition) is 4. The minimum Gasteiger partial charge on any atom is -0.354 e. The normalized spacial score (nSPS) is 26.6. The van der Waals surface area contributed by atoms with Crippen LogP contribution in [0, 0.1) is 0 Å². The average molecular weight is 343 g/mol. The van der Waals surface area contributed by atoms with Crippen LogP contribution in [0.2, 0.25) is 0 Å². The smallest absolute Gasteiger partial charge is 0.315 e. The van der Waals surface area contributed by atoms with Crippen molar-refractivity contribution in [2.45, 2.75) is 75.2 Å². The molecule has 7 heteroatoms. The molecule has 3 atom stereocenters. The molecule has 2 aliphatic rings. The molecule has 0 aromatic heterocycles. The summed E-state index contributed by atoms with van der Waals surface area (Å²) in [6.45, 7) is 4.66. The molecule has 132 valence electrons. The number of carbonyl (C=O) groups excluding carboxylic acids is 2. The molecule has 0 bridgehead atoms. The quantitative estimate of drug-likeness (QED) is 0.376. The van der Waals surface area contributed by atoms with E-state index in [-0.39, 0.29) is 29.6 Å². The molecule has 2 heterocycles. The summed E-state index contributed by atoms with van der Waals surface area (Å²) in [7, 11) is 0. The predicted molar refractivity (Wildman–Crippen MR) is 94.5 cm³/mol. The van der Waals surface area contributed by atoms with Gasteiger partial charge in [-0.3, -0.25) is 4.79 Å². The highest BCUT2D eigenvalue weighted by atomic mass is 32.2. The monoisotopic (exact) mass is 342 g/mol. The zero-order chi connectivity index (χ0) is 16.9. The molecule has 2 saturated heterocycles. The Balaban J connectivity index is 1.58. The number of amides is 3. The predicted octanol–water partition coefficient (Wildman–Crippen LogP) is 1.35. The van der Waals surface area contributed by atoms with Gasteiger partial charge in [-0.2, -0.15) is 11.8 Å². The van der Waals surface area contributed by atoms with Gasteiger partial charge in [0, 0.05) is 29.5 Å². The Morgan fingerprint density at radius 2 is 2.09 bits per heavy atom. The van der Waals surface area contributed by atoms with E-state index in [2.05, 4.69) is 29.8 Å². The van der Waals surface area contributed by atoms with Gasteiger partial charge in [-0.25, -0.2) is 4.79 Å². The van der Waals surface area contributed by atoms with Crippen LogP contribution in [0.3, 0.4) is 0 Å². The molecule has 0 aromatic carbocycles. The third-order valence-electron chi connectivity index (χ3n) is 5.13. The maximum absolute atomic E-state index is 11.9. The maximum Gasteiger partial charge on any atom is 0.315 e. The van der Waals surface area contributed by atoms with Gasteiger partial charge >= 0.3 is 6.03 Å². The van der Waals surface area contributed by atoms with Gasteiger partial charge in [0.2, 0.25) is 5.91 Å². The van der Waals surface area contributed by atoms with Gasteiger partial charge < -0.3 is 21.7 Å². The van der Waals surface area contributed by atoms with E-state index in [1.807, 2.05) is 11.8 Å². The molecule has 0 aromatic rings. The first-order valence-electron chi connectivity index (χ1n) is 8.71. The van der Waals surface area contributed by atoms with Crippen molar-refractivity contribution in [1.29, 1.82) is 0 Å². The van der Waals surface area contributed by atoms with Crippen molar-refractivity contribution in [2.24, 2.45) is 5.73 Å². The Hall–Kier alpha value is -0.950. The minimum absolute atomic E-state index is 0.0400. The summed E-state index contributed by atoms with van der Waals surface area (Å²) >= 11 is 1.92. The molecule has 0 radical (unpaired) electrons. The second kappa shape index (κ2) is 8.24. The molecule has 0 aliphatic carbocycles. The molecule has 6 nitrogen and oxygen atoms in total. The maximum atomic E-state index is 11.9. The first-order chi connectivity index (χ1) is 11.0. The van der Waals surface area contributed by atoms with E-state index < -0.39 is 0 Å². The molecule has 2 fully saturated rings. The van der Waals surface area contributed by atoms with E-state index in [1.165, 1.54) is 0 Å². The van der Waals surface area contributed by atoms with Crippen LogP contribution < -0.4 is 21.7 Å². The highest BCUT2D eigenvalue weighted by Crippen LogP contribution is 2.33. The molecule has 3 amide bonds. The van der Waals surface area contributed by atoms with Gasteiger partial charge in [0.1, 0.15) is 0 Å². The van der Waals surface area contributed by atoms with Crippen molar-refractivity contribution in [3.63, 3.8) is 0 Å². The Labute approximate surface area is 143 Å². The lowest BCUT2D eigenvalue weighted by atomic mass is 9.94. The first-order valence-corrected chi connectivity index (χ1v) is 9.76. The zero-order valence-electron chi connectivity index (χ0n) is 14.2. The SMILES string of the molecule is CCC(N)(CC)CNC(=O)CCCC[C@@H]1SC[C@@H]2NC(=O)N[C@@H]21. The highest BCUT2D eigenvalue weighted by Gasteiger charge is 2.42. The van der Waals surface area contributed by atoms with Gasteiger partial charge in [-0.05, 0) is 25.7 Å². The highest BCUT2D eigenvalue weighted by molar-refractivity contribution is 8.00. The van der Waals surface area contributed by atoms with Crippen LogP contribution in [0.15, 0.2) is 0 Å². The molecular weight excluding hydrogens is 312 g/mol. The summed E-state index contributed by atoms with van der Waals surface area (Å²) in [5.41, 5.74) is 5.91. The van der Waals surface area contributed by atoms with Gasteiger partial charge in [0.05, 0.1) is 12.1 Å². The van der Waals surface area contributed by atoms with Crippen molar-refractivity contribution < 1.29 is 9.59 Å². The number of hydrogen-bond donors (Lipinski definition) is 4. The lowest BCUT2D eigenvalue weighted by Gasteiger charge is -2.26. The molecule has 0 spiro atoms. The fraction of sp³-hybridized carbons (Fsp3) is 0.875. The summed E-state index contributed by atoms with van der Waals surface area (Å²) < 4.78 is 0. The molecule has 5 N–H and O–H groups in total. The minimum atomic E-state index is -0.279. The van der Waals surface area contributed by atoms with Crippen molar-refractivity contribution in [1.82, 2.24) is 16.0 Å². The van der Waals surface area contributed by atoms with Crippen molar-refractivity contribution in [2.75, 3.05) is 12.3 Å². The summed E-state index contributed by atoms with van der Waals surface area (Å²) in [6.07, 6.45) is 5.23. The third-order valence-corrected chi connectivity index (χ3v) is 6.64. The fourth-order valence-electron chi connectivity index (χ4n) is 3.14. The van der Waals surface area contributed by atoms with Gasteiger partial charge in [0.15, 0.2) is 0 Å². The zero-order valence-corrected chi connectivity index (χ0v) is 15.0. The van der Waals surface area contributed by atoms with E-state index in [0.717, 1.165) is 37.9 Å². The Bertz CT molecular complexity index is 428. The van der Waals surface area contributed by atoms with Gasteiger partial charge in [-0.1, -0.05) is 20.3 Å². The molecule has 0 unspecified atom stereocenters. The number of carbonyl (C=O) groups is 2. The fourth-order valence-corrected chi connectivity index (χ4v) is 4.68. The van der Waals surface area contributed by atoms with Crippen LogP contribution in [0.1, 0.15) is 52.4 Å². The van der Waals surface area contributed by atoms with Crippen LogP contribution in [-0.2, 0) is 4.79 Å². The molecule has 2 rings (SSSR count). The number of fused-ring (bicyclic) bond motifs is 1. The van der Waals surface area contributed by atoms with E-state index >= 15 is 0 Å². The Morgan fingerprint density at radius 3 is 2.78 bits per heavy atom. The molecule has 23 heavy (non-hydrogen) atoms. The van der Waals surface area contributed by atoms with E-state index in [0.29, 0.717) is 18.2 Å². The summed E-state index contributed by atoms with van der Waals surface area (Å²) in [6, 6.07) is 0.497. The van der Waals surface area contributed by atoms with Crippen LogP contribution >= 0.6 is 11.8 Å². The average Bonchev–Trinajstić information content (AvgIpc) is 3.08. The van der Waals surface area contributed by atoms with E-state index in [4.69, 9.17) is 5.73 Å². The standard InChI is InChI=1S/C16H30N4O2S/c1-3-16(17,4-2)10-18-13(21)8-6-5-7-12-14-11(9-23-12)19-15(22)20-14/h11-12,14H,3-10,17H2,1-2H3,(H,18,21)(H2,19,20,22)/t11-,12-,14-/m0/s1. The van der Waals surface area contributed by atoms with Crippen molar-refractivity contribution in [3.05, 3.63) is 0 Å². The Morgan fingerprint density at radius 1 is 1.35 bits per heavy atom. The number of nitrogens with one attached hydrogen (secondary N) is 3. The van der Waals surface area contributed by atoms with E-state index in [9.17, 15) is 9.59 Å². The largest absolute Gasteiger partial charge is 0.354 e. The summed E-state index contributed by atoms with van der Waals surface area (Å²) in [5, 5.41) is 9.38. The number of unbranched alkanes of at least 4 members (excludes halogenated alkanes) is 1.